The minimum absolute atomic E-state index is 0.368. The summed E-state index contributed by atoms with van der Waals surface area (Å²) in [5, 5.41) is 12.6. The lowest BCUT2D eigenvalue weighted by Gasteiger charge is -2.14. The average molecular weight is 205 g/mol. The minimum Gasteiger partial charge on any atom is -0.389 e. The lowest BCUT2D eigenvalue weighted by atomic mass is 10.3. The van der Waals surface area contributed by atoms with Gasteiger partial charge in [-0.1, -0.05) is 13.8 Å². The highest BCUT2D eigenvalue weighted by Gasteiger charge is 2.04. The SMILES string of the molecule is CCOCCOCC(O)CNC(C)C. The van der Waals surface area contributed by atoms with Crippen LogP contribution in [0.1, 0.15) is 20.8 Å². The van der Waals surface area contributed by atoms with E-state index < -0.39 is 6.10 Å². The zero-order valence-corrected chi connectivity index (χ0v) is 9.45. The van der Waals surface area contributed by atoms with Crippen LogP contribution in [0.4, 0.5) is 0 Å². The summed E-state index contributed by atoms with van der Waals surface area (Å²) in [7, 11) is 0. The van der Waals surface area contributed by atoms with Crippen molar-refractivity contribution < 1.29 is 14.6 Å². The van der Waals surface area contributed by atoms with Gasteiger partial charge in [0.25, 0.3) is 0 Å². The molecule has 0 aliphatic rings. The van der Waals surface area contributed by atoms with E-state index in [-0.39, 0.29) is 0 Å². The van der Waals surface area contributed by atoms with Crippen LogP contribution in [0, 0.1) is 0 Å². The first-order valence-electron chi connectivity index (χ1n) is 5.23. The van der Waals surface area contributed by atoms with Gasteiger partial charge in [-0.15, -0.1) is 0 Å². The lowest BCUT2D eigenvalue weighted by Crippen LogP contribution is -2.34. The van der Waals surface area contributed by atoms with Gasteiger partial charge in [-0.2, -0.15) is 0 Å². The molecule has 14 heavy (non-hydrogen) atoms. The van der Waals surface area contributed by atoms with Crippen molar-refractivity contribution in [3.05, 3.63) is 0 Å². The predicted molar refractivity (Wildman–Crippen MR) is 56.5 cm³/mol. The number of rotatable bonds is 9. The zero-order valence-electron chi connectivity index (χ0n) is 9.45. The van der Waals surface area contributed by atoms with E-state index in [9.17, 15) is 5.11 Å². The van der Waals surface area contributed by atoms with E-state index in [2.05, 4.69) is 5.32 Å². The minimum atomic E-state index is -0.431. The molecule has 4 heteroatoms. The Kier molecular flexibility index (Phi) is 9.29. The average Bonchev–Trinajstić information content (AvgIpc) is 2.14. The molecule has 0 saturated carbocycles. The first-order chi connectivity index (χ1) is 6.66. The van der Waals surface area contributed by atoms with Crippen molar-refractivity contribution in [1.82, 2.24) is 5.32 Å². The van der Waals surface area contributed by atoms with Crippen LogP contribution in [0.15, 0.2) is 0 Å². The van der Waals surface area contributed by atoms with Crippen molar-refractivity contribution in [2.24, 2.45) is 0 Å². The van der Waals surface area contributed by atoms with Crippen LogP contribution >= 0.6 is 0 Å². The zero-order chi connectivity index (χ0) is 10.8. The van der Waals surface area contributed by atoms with Crippen LogP contribution < -0.4 is 5.32 Å². The van der Waals surface area contributed by atoms with Gasteiger partial charge in [0.2, 0.25) is 0 Å². The van der Waals surface area contributed by atoms with Crippen molar-refractivity contribution in [2.75, 3.05) is 33.0 Å². The van der Waals surface area contributed by atoms with Gasteiger partial charge in [-0.3, -0.25) is 0 Å². The molecule has 0 aromatic heterocycles. The van der Waals surface area contributed by atoms with Crippen molar-refractivity contribution in [2.45, 2.75) is 32.9 Å². The highest BCUT2D eigenvalue weighted by molar-refractivity contribution is 4.60. The molecule has 0 amide bonds. The van der Waals surface area contributed by atoms with Crippen molar-refractivity contribution >= 4 is 0 Å². The van der Waals surface area contributed by atoms with E-state index in [1.807, 2.05) is 20.8 Å². The van der Waals surface area contributed by atoms with Crippen LogP contribution in [0.2, 0.25) is 0 Å². The summed E-state index contributed by atoms with van der Waals surface area (Å²) in [6.07, 6.45) is -0.431. The van der Waals surface area contributed by atoms with E-state index in [0.717, 1.165) is 0 Å². The van der Waals surface area contributed by atoms with E-state index in [1.54, 1.807) is 0 Å². The Hall–Kier alpha value is -0.160. The number of hydrogen-bond donors (Lipinski definition) is 2. The van der Waals surface area contributed by atoms with Crippen LogP contribution in [0.5, 0.6) is 0 Å². The quantitative estimate of drug-likeness (QED) is 0.535. The van der Waals surface area contributed by atoms with Gasteiger partial charge in [-0.25, -0.2) is 0 Å². The maximum Gasteiger partial charge on any atom is 0.0897 e. The van der Waals surface area contributed by atoms with Gasteiger partial charge in [0, 0.05) is 19.2 Å². The Balaban J connectivity index is 3.14. The summed E-state index contributed by atoms with van der Waals surface area (Å²) in [5.41, 5.74) is 0. The Morgan fingerprint density at radius 2 is 1.86 bits per heavy atom. The summed E-state index contributed by atoms with van der Waals surface area (Å²) in [6, 6.07) is 0.396. The van der Waals surface area contributed by atoms with Gasteiger partial charge < -0.3 is 19.9 Å². The lowest BCUT2D eigenvalue weighted by molar-refractivity contribution is 0.00601. The topological polar surface area (TPSA) is 50.7 Å². The molecule has 0 heterocycles. The maximum atomic E-state index is 9.43. The summed E-state index contributed by atoms with van der Waals surface area (Å²) in [5.74, 6) is 0. The Bertz CT molecular complexity index is 120. The van der Waals surface area contributed by atoms with Crippen LogP contribution in [0.25, 0.3) is 0 Å². The molecule has 0 spiro atoms. The smallest absolute Gasteiger partial charge is 0.0897 e. The molecule has 1 unspecified atom stereocenters. The third-order valence-electron chi connectivity index (χ3n) is 1.65. The molecule has 0 radical (unpaired) electrons. The molecule has 0 aromatic carbocycles. The standard InChI is InChI=1S/C10H23NO3/c1-4-13-5-6-14-8-10(12)7-11-9(2)3/h9-12H,4-8H2,1-3H3. The molecule has 0 bridgehead atoms. The second-order valence-electron chi connectivity index (χ2n) is 3.49. The molecule has 0 aromatic rings. The third-order valence-corrected chi connectivity index (χ3v) is 1.65. The van der Waals surface area contributed by atoms with Crippen LogP contribution in [-0.4, -0.2) is 50.2 Å². The van der Waals surface area contributed by atoms with Gasteiger partial charge in [0.05, 0.1) is 25.9 Å². The molecule has 0 fully saturated rings. The van der Waals surface area contributed by atoms with Crippen molar-refractivity contribution in [3.8, 4) is 0 Å². The Morgan fingerprint density at radius 1 is 1.21 bits per heavy atom. The van der Waals surface area contributed by atoms with Gasteiger partial charge in [0.1, 0.15) is 0 Å². The Morgan fingerprint density at radius 3 is 2.43 bits per heavy atom. The summed E-state index contributed by atoms with van der Waals surface area (Å²) < 4.78 is 10.3. The maximum absolute atomic E-state index is 9.43. The number of aliphatic hydroxyl groups is 1. The van der Waals surface area contributed by atoms with Gasteiger partial charge in [-0.05, 0) is 6.92 Å². The summed E-state index contributed by atoms with van der Waals surface area (Å²) in [6.45, 7) is 8.83. The fourth-order valence-electron chi connectivity index (χ4n) is 0.912. The van der Waals surface area contributed by atoms with Crippen molar-refractivity contribution in [3.63, 3.8) is 0 Å². The molecule has 1 atom stereocenters. The van der Waals surface area contributed by atoms with E-state index >= 15 is 0 Å². The van der Waals surface area contributed by atoms with E-state index in [0.29, 0.717) is 39.0 Å². The molecule has 0 aliphatic heterocycles. The first-order valence-corrected chi connectivity index (χ1v) is 5.23. The molecule has 0 saturated heterocycles. The van der Waals surface area contributed by atoms with Gasteiger partial charge in [0.15, 0.2) is 0 Å². The highest BCUT2D eigenvalue weighted by Crippen LogP contribution is 1.86. The number of nitrogens with one attached hydrogen (secondary N) is 1. The van der Waals surface area contributed by atoms with E-state index in [1.165, 1.54) is 0 Å². The first kappa shape index (κ1) is 13.8. The second kappa shape index (κ2) is 9.40. The van der Waals surface area contributed by atoms with E-state index in [4.69, 9.17) is 9.47 Å². The number of hydrogen-bond acceptors (Lipinski definition) is 4. The monoisotopic (exact) mass is 205 g/mol. The Labute approximate surface area is 86.6 Å². The fraction of sp³-hybridized carbons (Fsp3) is 1.00. The number of ether oxygens (including phenoxy) is 2. The molecule has 0 rings (SSSR count). The molecule has 2 N–H and O–H groups in total. The van der Waals surface area contributed by atoms with Crippen LogP contribution in [0.3, 0.4) is 0 Å². The molecule has 86 valence electrons. The highest BCUT2D eigenvalue weighted by atomic mass is 16.5. The third kappa shape index (κ3) is 9.92. The molecular weight excluding hydrogens is 182 g/mol. The fourth-order valence-corrected chi connectivity index (χ4v) is 0.912. The van der Waals surface area contributed by atoms with Gasteiger partial charge >= 0.3 is 0 Å². The molecule has 4 nitrogen and oxygen atoms in total. The number of aliphatic hydroxyl groups excluding tert-OH is 1. The molecular formula is C10H23NO3. The summed E-state index contributed by atoms with van der Waals surface area (Å²) >= 11 is 0. The van der Waals surface area contributed by atoms with Crippen molar-refractivity contribution in [1.29, 1.82) is 0 Å². The summed E-state index contributed by atoms with van der Waals surface area (Å²) in [4.78, 5) is 0. The molecule has 0 aliphatic carbocycles. The predicted octanol–water partition coefficient (Wildman–Crippen LogP) is 0.398. The second-order valence-corrected chi connectivity index (χ2v) is 3.49. The largest absolute Gasteiger partial charge is 0.389 e. The normalized spacial score (nSPS) is 13.5. The van der Waals surface area contributed by atoms with Crippen LogP contribution in [-0.2, 0) is 9.47 Å².